The van der Waals surface area contributed by atoms with Gasteiger partial charge in [0.15, 0.2) is 0 Å². The highest BCUT2D eigenvalue weighted by molar-refractivity contribution is 7.92. The number of benzene rings is 4. The molecule has 7 nitrogen and oxygen atoms in total. The van der Waals surface area contributed by atoms with E-state index in [0.29, 0.717) is 0 Å². The third-order valence-corrected chi connectivity index (χ3v) is 9.35. The highest BCUT2D eigenvalue weighted by Gasteiger charge is 2.35. The van der Waals surface area contributed by atoms with Gasteiger partial charge < -0.3 is 10.2 Å². The quantitative estimate of drug-likeness (QED) is 0.226. The van der Waals surface area contributed by atoms with Gasteiger partial charge in [0.25, 0.3) is 10.0 Å². The molecule has 4 aromatic carbocycles. The van der Waals surface area contributed by atoms with Gasteiger partial charge in [-0.25, -0.2) is 8.42 Å². The van der Waals surface area contributed by atoms with E-state index in [1.807, 2.05) is 61.5 Å². The summed E-state index contributed by atoms with van der Waals surface area (Å²) in [5.74, 6) is -0.963. The molecular formula is C32H31Cl2N3O4S. The number of nitrogens with zero attached hydrogens (tertiary/aromatic N) is 2. The maximum absolute atomic E-state index is 14.3. The third-order valence-electron chi connectivity index (χ3n) is 6.76. The molecule has 0 heterocycles. The summed E-state index contributed by atoms with van der Waals surface area (Å²) in [6.07, 6.45) is 0.224. The Kier molecular flexibility index (Phi) is 10.3. The van der Waals surface area contributed by atoms with Crippen LogP contribution in [0.3, 0.4) is 0 Å². The van der Waals surface area contributed by atoms with E-state index in [1.165, 1.54) is 36.2 Å². The summed E-state index contributed by atoms with van der Waals surface area (Å²) in [5.41, 5.74) is 2.68. The first-order chi connectivity index (χ1) is 20.1. The number of amides is 2. The molecule has 0 unspecified atom stereocenters. The van der Waals surface area contributed by atoms with Crippen LogP contribution >= 0.6 is 23.2 Å². The van der Waals surface area contributed by atoms with E-state index < -0.39 is 28.5 Å². The van der Waals surface area contributed by atoms with Gasteiger partial charge in [-0.3, -0.25) is 13.9 Å². The van der Waals surface area contributed by atoms with Crippen molar-refractivity contribution in [1.29, 1.82) is 0 Å². The molecule has 218 valence electrons. The van der Waals surface area contributed by atoms with Gasteiger partial charge in [-0.1, -0.05) is 108 Å². The average Bonchev–Trinajstić information content (AvgIpc) is 2.99. The highest BCUT2D eigenvalue weighted by atomic mass is 35.5. The van der Waals surface area contributed by atoms with E-state index in [2.05, 4.69) is 5.32 Å². The second-order valence-electron chi connectivity index (χ2n) is 9.73. The van der Waals surface area contributed by atoms with E-state index in [4.69, 9.17) is 23.2 Å². The second-order valence-corrected chi connectivity index (χ2v) is 12.4. The maximum atomic E-state index is 14.3. The molecule has 10 heteroatoms. The predicted molar refractivity (Wildman–Crippen MR) is 167 cm³/mol. The van der Waals surface area contributed by atoms with Crippen LogP contribution in [-0.4, -0.2) is 44.8 Å². The van der Waals surface area contributed by atoms with Crippen LogP contribution in [0.1, 0.15) is 16.7 Å². The number of anilines is 1. The molecule has 0 aromatic heterocycles. The van der Waals surface area contributed by atoms with Crippen LogP contribution in [0.25, 0.3) is 0 Å². The Balaban J connectivity index is 1.81. The van der Waals surface area contributed by atoms with Gasteiger partial charge in [-0.05, 0) is 42.3 Å². The lowest BCUT2D eigenvalue weighted by Gasteiger charge is -2.34. The maximum Gasteiger partial charge on any atom is 0.264 e. The Morgan fingerprint density at radius 1 is 0.833 bits per heavy atom. The molecule has 4 rings (SSSR count). The van der Waals surface area contributed by atoms with Gasteiger partial charge in [0.05, 0.1) is 20.6 Å². The molecule has 42 heavy (non-hydrogen) atoms. The zero-order chi connectivity index (χ0) is 30.3. The summed E-state index contributed by atoms with van der Waals surface area (Å²) < 4.78 is 28.9. The Morgan fingerprint density at radius 2 is 1.45 bits per heavy atom. The van der Waals surface area contributed by atoms with Crippen LogP contribution in [0.4, 0.5) is 5.69 Å². The molecule has 2 amide bonds. The van der Waals surface area contributed by atoms with Crippen molar-refractivity contribution in [3.05, 3.63) is 130 Å². The number of halogens is 2. The fraction of sp³-hybridized carbons (Fsp3) is 0.188. The molecular weight excluding hydrogens is 593 g/mol. The van der Waals surface area contributed by atoms with Crippen molar-refractivity contribution < 1.29 is 18.0 Å². The lowest BCUT2D eigenvalue weighted by atomic mass is 10.0. The molecule has 0 spiro atoms. The number of carbonyl (C=O) groups excluding carboxylic acids is 2. The zero-order valence-corrected chi connectivity index (χ0v) is 25.5. The molecule has 1 N–H and O–H groups in total. The largest absolute Gasteiger partial charge is 0.357 e. The molecule has 1 atom stereocenters. The molecule has 0 fully saturated rings. The van der Waals surface area contributed by atoms with Crippen LogP contribution < -0.4 is 9.62 Å². The fourth-order valence-electron chi connectivity index (χ4n) is 4.65. The first-order valence-corrected chi connectivity index (χ1v) is 15.4. The van der Waals surface area contributed by atoms with E-state index >= 15 is 0 Å². The summed E-state index contributed by atoms with van der Waals surface area (Å²) in [4.78, 5) is 29.0. The minimum absolute atomic E-state index is 0.0103. The molecule has 0 saturated carbocycles. The van der Waals surface area contributed by atoms with E-state index in [-0.39, 0.29) is 39.5 Å². The van der Waals surface area contributed by atoms with Gasteiger partial charge >= 0.3 is 0 Å². The SMILES string of the molecule is CNC(=O)[C@H](Cc1ccccc1)N(Cc1cccc(C)c1)C(=O)CN(c1cccc(Cl)c1Cl)S(=O)(=O)c1ccccc1. The zero-order valence-electron chi connectivity index (χ0n) is 23.2. The van der Waals surface area contributed by atoms with Gasteiger partial charge in [0.2, 0.25) is 11.8 Å². The van der Waals surface area contributed by atoms with Crippen LogP contribution in [0.15, 0.2) is 108 Å². The van der Waals surface area contributed by atoms with Crippen molar-refractivity contribution in [2.75, 3.05) is 17.9 Å². The highest BCUT2D eigenvalue weighted by Crippen LogP contribution is 2.35. The summed E-state index contributed by atoms with van der Waals surface area (Å²) in [5, 5.41) is 2.80. The smallest absolute Gasteiger partial charge is 0.264 e. The van der Waals surface area contributed by atoms with E-state index in [0.717, 1.165) is 21.0 Å². The third kappa shape index (κ3) is 7.31. The number of aryl methyl sites for hydroxylation is 1. The van der Waals surface area contributed by atoms with Crippen molar-refractivity contribution in [2.24, 2.45) is 0 Å². The number of hydrogen-bond acceptors (Lipinski definition) is 4. The van der Waals surface area contributed by atoms with Crippen LogP contribution in [-0.2, 0) is 32.6 Å². The normalized spacial score (nSPS) is 11.9. The molecule has 0 bridgehead atoms. The number of rotatable bonds is 11. The van der Waals surface area contributed by atoms with Crippen molar-refractivity contribution in [1.82, 2.24) is 10.2 Å². The molecule has 0 aliphatic rings. The Labute approximate surface area is 256 Å². The molecule has 0 aliphatic carbocycles. The molecule has 0 radical (unpaired) electrons. The molecule has 0 aliphatic heterocycles. The summed E-state index contributed by atoms with van der Waals surface area (Å²) in [7, 11) is -2.76. The number of sulfonamides is 1. The Morgan fingerprint density at radius 3 is 2.10 bits per heavy atom. The van der Waals surface area contributed by atoms with Crippen molar-refractivity contribution in [2.45, 2.75) is 30.8 Å². The summed E-state index contributed by atoms with van der Waals surface area (Å²) in [6, 6.07) is 28.4. The van der Waals surface area contributed by atoms with Crippen molar-refractivity contribution in [3.8, 4) is 0 Å². The predicted octanol–water partition coefficient (Wildman–Crippen LogP) is 5.88. The number of hydrogen-bond donors (Lipinski definition) is 1. The average molecular weight is 625 g/mol. The summed E-state index contributed by atoms with van der Waals surface area (Å²) >= 11 is 12.8. The minimum Gasteiger partial charge on any atom is -0.357 e. The molecule has 4 aromatic rings. The van der Waals surface area contributed by atoms with E-state index in [9.17, 15) is 18.0 Å². The standard InChI is InChI=1S/C32H31Cl2N3O4S/c1-23-11-9-14-25(19-23)21-36(29(32(39)35-2)20-24-12-5-3-6-13-24)30(38)22-37(28-18-10-17-27(33)31(28)34)42(40,41)26-15-7-4-8-16-26/h3-19,29H,20-22H2,1-2H3,(H,35,39)/t29-/m0/s1. The lowest BCUT2D eigenvalue weighted by molar-refractivity contribution is -0.139. The summed E-state index contributed by atoms with van der Waals surface area (Å²) in [6.45, 7) is 1.39. The van der Waals surface area contributed by atoms with Gasteiger partial charge in [-0.15, -0.1) is 0 Å². The topological polar surface area (TPSA) is 86.8 Å². The van der Waals surface area contributed by atoms with Crippen LogP contribution in [0.2, 0.25) is 10.0 Å². The second kappa shape index (κ2) is 13.9. The monoisotopic (exact) mass is 623 g/mol. The first-order valence-electron chi connectivity index (χ1n) is 13.2. The van der Waals surface area contributed by atoms with Gasteiger partial charge in [-0.2, -0.15) is 0 Å². The van der Waals surface area contributed by atoms with Crippen LogP contribution in [0.5, 0.6) is 0 Å². The fourth-order valence-corrected chi connectivity index (χ4v) is 6.54. The van der Waals surface area contributed by atoms with Crippen molar-refractivity contribution in [3.63, 3.8) is 0 Å². The Bertz CT molecular complexity index is 1650. The number of likely N-dealkylation sites (N-methyl/N-ethyl adjacent to an activating group) is 1. The minimum atomic E-state index is -4.27. The molecule has 0 saturated heterocycles. The van der Waals surface area contributed by atoms with Crippen molar-refractivity contribution >= 4 is 50.7 Å². The Hall–Kier alpha value is -3.85. The van der Waals surface area contributed by atoms with E-state index in [1.54, 1.807) is 24.3 Å². The first kappa shape index (κ1) is 31.1. The van der Waals surface area contributed by atoms with Gasteiger partial charge in [0, 0.05) is 20.0 Å². The lowest BCUT2D eigenvalue weighted by Crippen LogP contribution is -2.53. The number of nitrogens with one attached hydrogen (secondary N) is 1. The van der Waals surface area contributed by atoms with Gasteiger partial charge in [0.1, 0.15) is 12.6 Å². The number of carbonyl (C=O) groups is 2. The van der Waals surface area contributed by atoms with Crippen LogP contribution in [0, 0.1) is 6.92 Å².